The maximum Gasteiger partial charge on any atom is 0.306 e. The molecule has 0 aromatic rings. The number of ether oxygens (including phenoxy) is 3. The van der Waals surface area contributed by atoms with Crippen LogP contribution in [-0.4, -0.2) is 37.2 Å². The fraction of sp³-hybridized carbons (Fsp3) is 0.569. The van der Waals surface area contributed by atoms with Crippen molar-refractivity contribution in [1.29, 1.82) is 0 Å². The Morgan fingerprint density at radius 1 is 0.344 bits per heavy atom. The Balaban J connectivity index is 4.60. The first-order chi connectivity index (χ1) is 31.5. The van der Waals surface area contributed by atoms with Gasteiger partial charge in [-0.2, -0.15) is 0 Å². The van der Waals surface area contributed by atoms with E-state index in [9.17, 15) is 14.4 Å². The summed E-state index contributed by atoms with van der Waals surface area (Å²) >= 11 is 0. The Hall–Kier alpha value is -4.45. The average molecular weight is 883 g/mol. The van der Waals surface area contributed by atoms with Crippen molar-refractivity contribution in [3.63, 3.8) is 0 Å². The quantitative estimate of drug-likeness (QED) is 0.0200. The summed E-state index contributed by atoms with van der Waals surface area (Å²) in [6.45, 7) is 6.24. The Labute approximate surface area is 392 Å². The van der Waals surface area contributed by atoms with Gasteiger partial charge in [-0.15, -0.1) is 0 Å². The second-order valence-electron chi connectivity index (χ2n) is 16.0. The molecule has 0 aliphatic rings. The lowest BCUT2D eigenvalue weighted by molar-refractivity contribution is -0.166. The van der Waals surface area contributed by atoms with E-state index in [-0.39, 0.29) is 44.0 Å². The molecule has 0 saturated carbocycles. The van der Waals surface area contributed by atoms with Crippen LogP contribution in [0.2, 0.25) is 0 Å². The van der Waals surface area contributed by atoms with Gasteiger partial charge < -0.3 is 14.2 Å². The van der Waals surface area contributed by atoms with Gasteiger partial charge in [-0.25, -0.2) is 0 Å². The van der Waals surface area contributed by atoms with Crippen LogP contribution in [0.4, 0.5) is 0 Å². The molecule has 0 spiro atoms. The fourth-order valence-corrected chi connectivity index (χ4v) is 6.24. The van der Waals surface area contributed by atoms with Crippen molar-refractivity contribution < 1.29 is 28.6 Å². The summed E-state index contributed by atoms with van der Waals surface area (Å²) in [4.78, 5) is 37.9. The third-order valence-electron chi connectivity index (χ3n) is 9.98. The summed E-state index contributed by atoms with van der Waals surface area (Å²) < 4.78 is 16.7. The Morgan fingerprint density at radius 3 is 1.23 bits per heavy atom. The number of allylic oxidation sites excluding steroid dienone is 22. The minimum atomic E-state index is -0.837. The molecule has 0 heterocycles. The molecule has 64 heavy (non-hydrogen) atoms. The van der Waals surface area contributed by atoms with E-state index in [2.05, 4.69) is 106 Å². The van der Waals surface area contributed by atoms with Gasteiger partial charge >= 0.3 is 17.9 Å². The predicted octanol–water partition coefficient (Wildman–Crippen LogP) is 16.7. The minimum absolute atomic E-state index is 0.133. The van der Waals surface area contributed by atoms with Crippen LogP contribution in [0.25, 0.3) is 0 Å². The van der Waals surface area contributed by atoms with E-state index in [0.717, 1.165) is 103 Å². The molecule has 6 nitrogen and oxygen atoms in total. The van der Waals surface area contributed by atoms with Crippen LogP contribution in [-0.2, 0) is 28.6 Å². The van der Waals surface area contributed by atoms with Gasteiger partial charge in [0.05, 0.1) is 0 Å². The minimum Gasteiger partial charge on any atom is -0.462 e. The molecule has 0 saturated heterocycles. The maximum absolute atomic E-state index is 12.8. The van der Waals surface area contributed by atoms with E-state index in [1.54, 1.807) is 0 Å². The molecular weight excluding hydrogens is 793 g/mol. The molecule has 1 atom stereocenters. The van der Waals surface area contributed by atoms with E-state index >= 15 is 0 Å². The molecule has 1 unspecified atom stereocenters. The molecule has 0 aromatic heterocycles. The van der Waals surface area contributed by atoms with Gasteiger partial charge in [0, 0.05) is 19.3 Å². The maximum atomic E-state index is 12.8. The molecule has 0 radical (unpaired) electrons. The van der Waals surface area contributed by atoms with Gasteiger partial charge in [-0.3, -0.25) is 14.4 Å². The normalized spacial score (nSPS) is 13.2. The van der Waals surface area contributed by atoms with Crippen LogP contribution in [0.1, 0.15) is 194 Å². The lowest BCUT2D eigenvalue weighted by atomic mass is 10.1. The zero-order chi connectivity index (χ0) is 46.5. The Bertz CT molecular complexity index is 1430. The average Bonchev–Trinajstić information content (AvgIpc) is 3.29. The zero-order valence-electron chi connectivity index (χ0n) is 40.7. The highest BCUT2D eigenvalue weighted by molar-refractivity contribution is 5.71. The lowest BCUT2D eigenvalue weighted by Crippen LogP contribution is -2.30. The summed E-state index contributed by atoms with van der Waals surface area (Å²) in [5.41, 5.74) is 0. The smallest absolute Gasteiger partial charge is 0.306 e. The second-order valence-corrected chi connectivity index (χ2v) is 16.0. The third-order valence-corrected chi connectivity index (χ3v) is 9.98. The molecule has 0 N–H and O–H groups in total. The highest BCUT2D eigenvalue weighted by Crippen LogP contribution is 2.12. The summed E-state index contributed by atoms with van der Waals surface area (Å²) in [7, 11) is 0. The summed E-state index contributed by atoms with van der Waals surface area (Å²) in [5, 5.41) is 0. The van der Waals surface area contributed by atoms with Crippen LogP contribution in [0.3, 0.4) is 0 Å². The van der Waals surface area contributed by atoms with Crippen LogP contribution < -0.4 is 0 Å². The van der Waals surface area contributed by atoms with Crippen LogP contribution >= 0.6 is 0 Å². The highest BCUT2D eigenvalue weighted by atomic mass is 16.6. The Kier molecular flexibility index (Phi) is 47.6. The topological polar surface area (TPSA) is 78.9 Å². The second kappa shape index (κ2) is 51.2. The van der Waals surface area contributed by atoms with E-state index in [4.69, 9.17) is 14.2 Å². The summed E-state index contributed by atoms with van der Waals surface area (Å²) in [6, 6.07) is 0. The summed E-state index contributed by atoms with van der Waals surface area (Å²) in [6.07, 6.45) is 71.6. The van der Waals surface area contributed by atoms with Gasteiger partial charge in [-0.1, -0.05) is 206 Å². The number of unbranched alkanes of at least 4 members (excludes halogenated alkanes) is 13. The Morgan fingerprint density at radius 2 is 0.719 bits per heavy atom. The van der Waals surface area contributed by atoms with Crippen molar-refractivity contribution in [2.45, 2.75) is 200 Å². The molecule has 0 aliphatic heterocycles. The van der Waals surface area contributed by atoms with E-state index in [0.29, 0.717) is 12.8 Å². The van der Waals surface area contributed by atoms with Crippen molar-refractivity contribution in [3.05, 3.63) is 134 Å². The predicted molar refractivity (Wildman–Crippen MR) is 274 cm³/mol. The van der Waals surface area contributed by atoms with E-state index < -0.39 is 6.10 Å². The highest BCUT2D eigenvalue weighted by Gasteiger charge is 2.19. The molecule has 358 valence electrons. The molecule has 0 aliphatic carbocycles. The van der Waals surface area contributed by atoms with Crippen molar-refractivity contribution in [1.82, 2.24) is 0 Å². The fourth-order valence-electron chi connectivity index (χ4n) is 6.24. The monoisotopic (exact) mass is 883 g/mol. The first kappa shape index (κ1) is 59.6. The van der Waals surface area contributed by atoms with Gasteiger partial charge in [0.25, 0.3) is 0 Å². The first-order valence-corrected chi connectivity index (χ1v) is 25.2. The number of carbonyl (C=O) groups is 3. The lowest BCUT2D eigenvalue weighted by Gasteiger charge is -2.18. The van der Waals surface area contributed by atoms with Gasteiger partial charge in [0.2, 0.25) is 0 Å². The first-order valence-electron chi connectivity index (χ1n) is 25.2. The van der Waals surface area contributed by atoms with Crippen LogP contribution in [0.5, 0.6) is 0 Å². The molecule has 6 heteroatoms. The van der Waals surface area contributed by atoms with Crippen LogP contribution in [0, 0.1) is 0 Å². The SMILES string of the molecule is CC/C=C/C=C/C=C/C=C/CCCCCC(=O)OCC(COC(=O)CC/C=C/C/C=C/C/C=C/C/C=C/C/C=C/C/C=C/CC)OC(=O)CCCCC/C=C/CCCCCCCCC. The van der Waals surface area contributed by atoms with Crippen molar-refractivity contribution >= 4 is 17.9 Å². The van der Waals surface area contributed by atoms with Gasteiger partial charge in [0.15, 0.2) is 6.10 Å². The molecular formula is C58H90O6. The molecule has 0 bridgehead atoms. The third kappa shape index (κ3) is 48.6. The van der Waals surface area contributed by atoms with E-state index in [1.807, 2.05) is 48.6 Å². The number of hydrogen-bond donors (Lipinski definition) is 0. The number of rotatable bonds is 43. The number of carbonyl (C=O) groups excluding carboxylic acids is 3. The van der Waals surface area contributed by atoms with Gasteiger partial charge in [-0.05, 0) is 103 Å². The van der Waals surface area contributed by atoms with Crippen molar-refractivity contribution in [3.8, 4) is 0 Å². The molecule has 0 fully saturated rings. The van der Waals surface area contributed by atoms with E-state index in [1.165, 1.54) is 44.9 Å². The van der Waals surface area contributed by atoms with Crippen molar-refractivity contribution in [2.24, 2.45) is 0 Å². The summed E-state index contributed by atoms with van der Waals surface area (Å²) in [5.74, 6) is -1.08. The number of esters is 3. The standard InChI is InChI=1S/C58H90O6/c1-4-7-10-13-16-19-22-25-27-28-29-30-31-34-36-39-42-45-48-51-57(60)63-54-55(53-62-56(59)50-47-44-41-38-35-32-24-21-18-15-12-9-6-3)64-58(61)52-49-46-43-40-37-33-26-23-20-17-14-11-8-5-2/h7,9-10,12,15-16,18-19,21,24-25,27,29-30,32-37,42,45,55H,4-6,8,11,13-14,17,20,22-23,26,28,31,38-41,43-44,46-54H2,1-3H3/b10-7+,12-9+,18-15+,19-16+,24-21+,27-25+,30-29+,35-32+,36-34+,37-33+,45-42+. The molecule has 0 amide bonds. The van der Waals surface area contributed by atoms with Gasteiger partial charge in [0.1, 0.15) is 13.2 Å². The molecule has 0 rings (SSSR count). The number of hydrogen-bond acceptors (Lipinski definition) is 6. The molecule has 0 aromatic carbocycles. The van der Waals surface area contributed by atoms with Crippen LogP contribution in [0.15, 0.2) is 134 Å². The largest absolute Gasteiger partial charge is 0.462 e. The zero-order valence-corrected chi connectivity index (χ0v) is 40.7. The van der Waals surface area contributed by atoms with Crippen molar-refractivity contribution in [2.75, 3.05) is 13.2 Å².